The molecule has 0 bridgehead atoms. The molecule has 0 spiro atoms. The molecule has 6 atom stereocenters. The third-order valence-corrected chi connectivity index (χ3v) is 9.52. The van der Waals surface area contributed by atoms with Gasteiger partial charge in [0.15, 0.2) is 0 Å². The summed E-state index contributed by atoms with van der Waals surface area (Å²) in [6.07, 6.45) is 14.0. The summed E-state index contributed by atoms with van der Waals surface area (Å²) in [5.74, 6) is 3.97. The molecule has 0 heterocycles. The summed E-state index contributed by atoms with van der Waals surface area (Å²) in [4.78, 5) is 0. The van der Waals surface area contributed by atoms with Crippen LogP contribution in [0.2, 0.25) is 0 Å². The van der Waals surface area contributed by atoms with Gasteiger partial charge in [0.2, 0.25) is 0 Å². The first kappa shape index (κ1) is 21.0. The Kier molecular flexibility index (Phi) is 6.89. The highest BCUT2D eigenvalue weighted by atomic mass is 14.6. The maximum absolute atomic E-state index is 2.70. The lowest BCUT2D eigenvalue weighted by molar-refractivity contribution is -0.131. The maximum atomic E-state index is 2.70. The van der Waals surface area contributed by atoms with Crippen molar-refractivity contribution in [2.75, 3.05) is 0 Å². The van der Waals surface area contributed by atoms with E-state index in [1.165, 1.54) is 51.4 Å². The number of hydrogen-bond donors (Lipinski definition) is 0. The first-order valence-electron chi connectivity index (χ1n) is 11.3. The van der Waals surface area contributed by atoms with Crippen LogP contribution in [0.4, 0.5) is 0 Å². The summed E-state index contributed by atoms with van der Waals surface area (Å²) in [5.41, 5.74) is 2.55. The van der Waals surface area contributed by atoms with Crippen LogP contribution in [0.1, 0.15) is 107 Å². The lowest BCUT2D eigenvalue weighted by Gasteiger charge is -2.63. The van der Waals surface area contributed by atoms with Crippen LogP contribution in [0.25, 0.3) is 0 Å². The highest BCUT2D eigenvalue weighted by molar-refractivity contribution is 5.17. The van der Waals surface area contributed by atoms with Gasteiger partial charge < -0.3 is 0 Å². The Morgan fingerprint density at radius 3 is 1.72 bits per heavy atom. The Bertz CT molecular complexity index is 449. The van der Waals surface area contributed by atoms with Crippen LogP contribution < -0.4 is 0 Å². The molecule has 0 heteroatoms. The molecule has 25 heavy (non-hydrogen) atoms. The molecule has 0 aromatic heterocycles. The van der Waals surface area contributed by atoms with Gasteiger partial charge in [0, 0.05) is 0 Å². The van der Waals surface area contributed by atoms with Crippen LogP contribution in [-0.4, -0.2) is 0 Å². The lowest BCUT2D eigenvalue weighted by Crippen LogP contribution is -2.57. The van der Waals surface area contributed by atoms with Crippen molar-refractivity contribution in [1.29, 1.82) is 0 Å². The average molecular weight is 347 g/mol. The summed E-state index contributed by atoms with van der Waals surface area (Å²) >= 11 is 0. The van der Waals surface area contributed by atoms with E-state index in [4.69, 9.17) is 0 Å². The van der Waals surface area contributed by atoms with Gasteiger partial charge >= 0.3 is 0 Å². The molecule has 0 nitrogen and oxygen atoms in total. The maximum Gasteiger partial charge on any atom is -0.0116 e. The van der Waals surface area contributed by atoms with Crippen LogP contribution >= 0.6 is 0 Å². The van der Waals surface area contributed by atoms with E-state index in [0.717, 1.165) is 29.6 Å². The smallest absolute Gasteiger partial charge is 0.0116 e. The highest BCUT2D eigenvalue weighted by Gasteiger charge is 2.58. The summed E-state index contributed by atoms with van der Waals surface area (Å²) in [6.45, 7) is 20.3. The van der Waals surface area contributed by atoms with E-state index in [1.54, 1.807) is 5.57 Å². The third kappa shape index (κ3) is 3.61. The van der Waals surface area contributed by atoms with E-state index < -0.39 is 0 Å². The molecule has 0 radical (unpaired) electrons. The van der Waals surface area contributed by atoms with E-state index in [2.05, 4.69) is 61.5 Å². The fourth-order valence-electron chi connectivity index (χ4n) is 7.01. The molecular formula is C25H46. The zero-order valence-electron chi connectivity index (χ0n) is 18.6. The Labute approximate surface area is 159 Å². The Morgan fingerprint density at radius 1 is 0.760 bits per heavy atom. The summed E-state index contributed by atoms with van der Waals surface area (Å²) in [6, 6.07) is 0. The van der Waals surface area contributed by atoms with Crippen molar-refractivity contribution in [1.82, 2.24) is 0 Å². The zero-order valence-corrected chi connectivity index (χ0v) is 18.6. The molecule has 2 aliphatic rings. The minimum Gasteiger partial charge on any atom is -0.0884 e. The van der Waals surface area contributed by atoms with Crippen molar-refractivity contribution in [3.05, 3.63) is 11.6 Å². The molecule has 0 saturated heterocycles. The second kappa shape index (κ2) is 8.18. The fraction of sp³-hybridized carbons (Fsp3) is 0.920. The Morgan fingerprint density at radius 2 is 1.24 bits per heavy atom. The minimum atomic E-state index is 0.416. The monoisotopic (exact) mass is 346 g/mol. The average Bonchev–Trinajstić information content (AvgIpc) is 2.70. The zero-order chi connectivity index (χ0) is 18.8. The molecule has 2 fully saturated rings. The van der Waals surface area contributed by atoms with Crippen LogP contribution in [0.15, 0.2) is 11.6 Å². The van der Waals surface area contributed by atoms with Crippen LogP contribution in [-0.2, 0) is 0 Å². The molecule has 2 aliphatic carbocycles. The molecule has 0 aromatic carbocycles. The van der Waals surface area contributed by atoms with Crippen molar-refractivity contribution >= 4 is 0 Å². The largest absolute Gasteiger partial charge is 0.0884 e. The normalized spacial score (nSPS) is 43.8. The minimum absolute atomic E-state index is 0.416. The van der Waals surface area contributed by atoms with Gasteiger partial charge in [0.1, 0.15) is 0 Å². The summed E-state index contributed by atoms with van der Waals surface area (Å²) < 4.78 is 0. The predicted molar refractivity (Wildman–Crippen MR) is 113 cm³/mol. The van der Waals surface area contributed by atoms with E-state index >= 15 is 0 Å². The van der Waals surface area contributed by atoms with Crippen molar-refractivity contribution in [2.45, 2.75) is 107 Å². The predicted octanol–water partition coefficient (Wildman–Crippen LogP) is 8.27. The van der Waals surface area contributed by atoms with Gasteiger partial charge in [-0.25, -0.2) is 0 Å². The molecule has 146 valence electrons. The molecule has 0 aliphatic heterocycles. The third-order valence-electron chi connectivity index (χ3n) is 9.52. The molecule has 2 saturated carbocycles. The highest BCUT2D eigenvalue weighted by Crippen LogP contribution is 2.65. The molecule has 0 aromatic rings. The molecule has 6 unspecified atom stereocenters. The van der Waals surface area contributed by atoms with Gasteiger partial charge in [-0.1, -0.05) is 91.7 Å². The molecule has 0 N–H and O–H groups in total. The van der Waals surface area contributed by atoms with Crippen molar-refractivity contribution in [3.8, 4) is 0 Å². The standard InChI is InChI=1S/C25H46/c1-9-18(2)23-21(5)19(3)20(4)22(6)25(23,8)24(7)16-14-12-10-11-13-15-17-24/h9,19-23H,10-17H2,1-8H3. The Balaban J connectivity index is 2.52. The van der Waals surface area contributed by atoms with Gasteiger partial charge in [0.05, 0.1) is 0 Å². The first-order chi connectivity index (χ1) is 11.7. The second-order valence-electron chi connectivity index (χ2n) is 10.3. The summed E-state index contributed by atoms with van der Waals surface area (Å²) in [5, 5.41) is 0. The number of rotatable bonds is 2. The van der Waals surface area contributed by atoms with Crippen molar-refractivity contribution < 1.29 is 0 Å². The lowest BCUT2D eigenvalue weighted by atomic mass is 9.41. The van der Waals surface area contributed by atoms with Crippen molar-refractivity contribution in [2.24, 2.45) is 40.4 Å². The summed E-state index contributed by atoms with van der Waals surface area (Å²) in [7, 11) is 0. The van der Waals surface area contributed by atoms with E-state index in [0.29, 0.717) is 10.8 Å². The fourth-order valence-corrected chi connectivity index (χ4v) is 7.01. The van der Waals surface area contributed by atoms with Crippen molar-refractivity contribution in [3.63, 3.8) is 0 Å². The van der Waals surface area contributed by atoms with E-state index in [1.807, 2.05) is 0 Å². The topological polar surface area (TPSA) is 0 Å². The van der Waals surface area contributed by atoms with Gasteiger partial charge in [-0.3, -0.25) is 0 Å². The second-order valence-corrected chi connectivity index (χ2v) is 10.3. The molecule has 2 rings (SSSR count). The SMILES string of the molecule is CC=C(C)C1C(C)C(C)C(C)C(C)C1(C)C1(C)CCCCCCCC1. The first-order valence-corrected chi connectivity index (χ1v) is 11.3. The van der Waals surface area contributed by atoms with Gasteiger partial charge in [-0.05, 0) is 67.1 Å². The molecule has 0 amide bonds. The Hall–Kier alpha value is -0.260. The quantitative estimate of drug-likeness (QED) is 0.441. The molecular weight excluding hydrogens is 300 g/mol. The number of hydrogen-bond acceptors (Lipinski definition) is 0. The van der Waals surface area contributed by atoms with Crippen LogP contribution in [0.5, 0.6) is 0 Å². The van der Waals surface area contributed by atoms with Crippen LogP contribution in [0.3, 0.4) is 0 Å². The van der Waals surface area contributed by atoms with E-state index in [9.17, 15) is 0 Å². The number of allylic oxidation sites excluding steroid dienone is 2. The van der Waals surface area contributed by atoms with Gasteiger partial charge in [-0.2, -0.15) is 0 Å². The van der Waals surface area contributed by atoms with Gasteiger partial charge in [-0.15, -0.1) is 0 Å². The van der Waals surface area contributed by atoms with E-state index in [-0.39, 0.29) is 0 Å². The van der Waals surface area contributed by atoms with Crippen LogP contribution in [0, 0.1) is 40.4 Å². The van der Waals surface area contributed by atoms with Gasteiger partial charge in [0.25, 0.3) is 0 Å².